The predicted molar refractivity (Wildman–Crippen MR) is 110 cm³/mol. The zero-order valence-electron chi connectivity index (χ0n) is 15.3. The summed E-state index contributed by atoms with van der Waals surface area (Å²) in [6.07, 6.45) is 0.132. The minimum atomic E-state index is -0.185. The van der Waals surface area contributed by atoms with Crippen LogP contribution in [0.15, 0.2) is 35.7 Å². The van der Waals surface area contributed by atoms with Gasteiger partial charge in [-0.1, -0.05) is 55.5 Å². The topological polar surface area (TPSA) is 84.0 Å². The first-order valence-corrected chi connectivity index (χ1v) is 10.2. The maximum Gasteiger partial charge on any atom is 0.232 e. The summed E-state index contributed by atoms with van der Waals surface area (Å²) in [5.41, 5.74) is 2.58. The smallest absolute Gasteiger partial charge is 0.232 e. The molecule has 2 amide bonds. The summed E-state index contributed by atoms with van der Waals surface area (Å²) in [6.45, 7) is 5.56. The molecule has 3 aromatic rings. The number of nitrogens with zero attached hydrogens (tertiary/aromatic N) is 2. The molecular formula is C19H20N4O2S2. The number of rotatable bonds is 6. The van der Waals surface area contributed by atoms with Gasteiger partial charge in [-0.15, -0.1) is 11.3 Å². The summed E-state index contributed by atoms with van der Waals surface area (Å²) >= 11 is 2.76. The van der Waals surface area contributed by atoms with Gasteiger partial charge >= 0.3 is 0 Å². The first-order chi connectivity index (χ1) is 12.9. The van der Waals surface area contributed by atoms with Gasteiger partial charge in [0, 0.05) is 11.3 Å². The third-order valence-corrected chi connectivity index (χ3v) is 5.66. The van der Waals surface area contributed by atoms with Gasteiger partial charge < -0.3 is 10.6 Å². The van der Waals surface area contributed by atoms with E-state index in [9.17, 15) is 9.59 Å². The average Bonchev–Trinajstić information content (AvgIpc) is 3.21. The van der Waals surface area contributed by atoms with Gasteiger partial charge in [-0.2, -0.15) is 0 Å². The summed E-state index contributed by atoms with van der Waals surface area (Å²) in [6, 6.07) is 9.96. The maximum atomic E-state index is 12.3. The Balaban J connectivity index is 1.62. The monoisotopic (exact) mass is 400 g/mol. The summed E-state index contributed by atoms with van der Waals surface area (Å²) in [5.74, 6) is -0.393. The average molecular weight is 401 g/mol. The van der Waals surface area contributed by atoms with Crippen molar-refractivity contribution in [2.24, 2.45) is 5.92 Å². The molecule has 140 valence electrons. The van der Waals surface area contributed by atoms with E-state index in [0.717, 1.165) is 16.1 Å². The number of thiazole rings is 2. The molecule has 6 nitrogen and oxygen atoms in total. The zero-order chi connectivity index (χ0) is 19.4. The normalized spacial score (nSPS) is 10.8. The third kappa shape index (κ3) is 4.99. The number of carbonyl (C=O) groups is 2. The highest BCUT2D eigenvalue weighted by atomic mass is 32.1. The van der Waals surface area contributed by atoms with Crippen LogP contribution in [-0.2, 0) is 16.0 Å². The summed E-state index contributed by atoms with van der Waals surface area (Å²) in [5, 5.41) is 8.43. The van der Waals surface area contributed by atoms with Crippen LogP contribution in [0.25, 0.3) is 10.4 Å². The van der Waals surface area contributed by atoms with Gasteiger partial charge in [-0.3, -0.25) is 9.59 Å². The predicted octanol–water partition coefficient (Wildman–Crippen LogP) is 4.35. The van der Waals surface area contributed by atoms with E-state index in [2.05, 4.69) is 20.6 Å². The molecule has 0 aliphatic rings. The van der Waals surface area contributed by atoms with Gasteiger partial charge in [0.05, 0.1) is 22.7 Å². The van der Waals surface area contributed by atoms with Crippen molar-refractivity contribution in [3.05, 3.63) is 47.1 Å². The zero-order valence-corrected chi connectivity index (χ0v) is 16.9. The molecule has 0 atom stereocenters. The number of amides is 2. The van der Waals surface area contributed by atoms with E-state index in [4.69, 9.17) is 0 Å². The van der Waals surface area contributed by atoms with Crippen molar-refractivity contribution in [1.29, 1.82) is 0 Å². The first-order valence-electron chi connectivity index (χ1n) is 8.50. The van der Waals surface area contributed by atoms with Crippen molar-refractivity contribution in [3.63, 3.8) is 0 Å². The second kappa shape index (κ2) is 8.41. The maximum absolute atomic E-state index is 12.3. The fourth-order valence-corrected chi connectivity index (χ4v) is 4.03. The van der Waals surface area contributed by atoms with Crippen molar-refractivity contribution in [2.75, 3.05) is 10.6 Å². The standard InChI is InChI=1S/C19H20N4O2S2/c1-11(2)17(25)23-18-21-14(10-26-18)9-15(24)22-19-20-12(3)16(27-19)13-7-5-4-6-8-13/h4-8,10-11H,9H2,1-3H3,(H,20,22,24)(H,21,23,25). The molecule has 0 spiro atoms. The van der Waals surface area contributed by atoms with Crippen LogP contribution in [0, 0.1) is 12.8 Å². The van der Waals surface area contributed by atoms with Gasteiger partial charge in [0.15, 0.2) is 10.3 Å². The van der Waals surface area contributed by atoms with Crippen LogP contribution < -0.4 is 10.6 Å². The van der Waals surface area contributed by atoms with Crippen molar-refractivity contribution in [2.45, 2.75) is 27.2 Å². The molecule has 0 bridgehead atoms. The number of anilines is 2. The number of hydrogen-bond donors (Lipinski definition) is 2. The molecule has 27 heavy (non-hydrogen) atoms. The van der Waals surface area contributed by atoms with E-state index in [1.165, 1.54) is 22.7 Å². The van der Waals surface area contributed by atoms with Gasteiger partial charge in [-0.05, 0) is 12.5 Å². The summed E-state index contributed by atoms with van der Waals surface area (Å²) < 4.78 is 0. The Morgan fingerprint density at radius 1 is 1.07 bits per heavy atom. The highest BCUT2D eigenvalue weighted by Gasteiger charge is 2.14. The van der Waals surface area contributed by atoms with Crippen molar-refractivity contribution in [1.82, 2.24) is 9.97 Å². The molecule has 2 N–H and O–H groups in total. The highest BCUT2D eigenvalue weighted by molar-refractivity contribution is 7.19. The Morgan fingerprint density at radius 3 is 2.52 bits per heavy atom. The minimum absolute atomic E-state index is 0.0907. The van der Waals surface area contributed by atoms with Crippen LogP contribution in [0.1, 0.15) is 25.2 Å². The van der Waals surface area contributed by atoms with E-state index < -0.39 is 0 Å². The van der Waals surface area contributed by atoms with E-state index in [-0.39, 0.29) is 24.2 Å². The lowest BCUT2D eigenvalue weighted by atomic mass is 10.2. The summed E-state index contributed by atoms with van der Waals surface area (Å²) in [4.78, 5) is 33.8. The van der Waals surface area contributed by atoms with Crippen LogP contribution in [0.3, 0.4) is 0 Å². The molecule has 0 unspecified atom stereocenters. The number of aromatic nitrogens is 2. The molecule has 0 saturated carbocycles. The van der Waals surface area contributed by atoms with Crippen molar-refractivity contribution >= 4 is 44.8 Å². The van der Waals surface area contributed by atoms with Crippen LogP contribution in [0.2, 0.25) is 0 Å². The SMILES string of the molecule is Cc1nc(NC(=O)Cc2csc(NC(=O)C(C)C)n2)sc1-c1ccccc1. The van der Waals surface area contributed by atoms with Crippen molar-refractivity contribution < 1.29 is 9.59 Å². The Labute approximate surface area is 165 Å². The molecule has 8 heteroatoms. The lowest BCUT2D eigenvalue weighted by molar-refractivity contribution is -0.119. The fourth-order valence-electron chi connectivity index (χ4n) is 2.33. The second-order valence-corrected chi connectivity index (χ2v) is 8.17. The first kappa shape index (κ1) is 19.2. The Hall–Kier alpha value is -2.58. The second-order valence-electron chi connectivity index (χ2n) is 6.31. The van der Waals surface area contributed by atoms with Gasteiger partial charge in [0.2, 0.25) is 11.8 Å². The van der Waals surface area contributed by atoms with Crippen LogP contribution >= 0.6 is 22.7 Å². The third-order valence-electron chi connectivity index (χ3n) is 3.73. The molecule has 0 fully saturated rings. The molecule has 2 aromatic heterocycles. The Bertz CT molecular complexity index is 948. The van der Waals surface area contributed by atoms with Crippen LogP contribution in [-0.4, -0.2) is 21.8 Å². The van der Waals surface area contributed by atoms with Gasteiger partial charge in [0.25, 0.3) is 0 Å². The number of hydrogen-bond acceptors (Lipinski definition) is 6. The molecule has 2 heterocycles. The number of benzene rings is 1. The quantitative estimate of drug-likeness (QED) is 0.644. The molecule has 1 aromatic carbocycles. The highest BCUT2D eigenvalue weighted by Crippen LogP contribution is 2.32. The van der Waals surface area contributed by atoms with E-state index >= 15 is 0 Å². The molecular weight excluding hydrogens is 380 g/mol. The van der Waals surface area contributed by atoms with Gasteiger partial charge in [-0.25, -0.2) is 9.97 Å². The fraction of sp³-hybridized carbons (Fsp3) is 0.263. The molecule has 0 aliphatic heterocycles. The van der Waals surface area contributed by atoms with Crippen LogP contribution in [0.4, 0.5) is 10.3 Å². The number of nitrogens with one attached hydrogen (secondary N) is 2. The van der Waals surface area contributed by atoms with E-state index in [0.29, 0.717) is 16.0 Å². The summed E-state index contributed by atoms with van der Waals surface area (Å²) in [7, 11) is 0. The number of carbonyl (C=O) groups excluding carboxylic acids is 2. The lowest BCUT2D eigenvalue weighted by Gasteiger charge is -2.03. The number of aryl methyl sites for hydroxylation is 1. The Kier molecular flexibility index (Phi) is 5.98. The Morgan fingerprint density at radius 2 is 1.81 bits per heavy atom. The molecule has 0 aliphatic carbocycles. The molecule has 0 saturated heterocycles. The molecule has 0 radical (unpaired) electrons. The minimum Gasteiger partial charge on any atom is -0.302 e. The largest absolute Gasteiger partial charge is 0.302 e. The van der Waals surface area contributed by atoms with Gasteiger partial charge in [0.1, 0.15) is 0 Å². The lowest BCUT2D eigenvalue weighted by Crippen LogP contribution is -2.18. The van der Waals surface area contributed by atoms with E-state index in [1.807, 2.05) is 51.1 Å². The van der Waals surface area contributed by atoms with E-state index in [1.54, 1.807) is 5.38 Å². The molecule has 3 rings (SSSR count). The van der Waals surface area contributed by atoms with Crippen molar-refractivity contribution in [3.8, 4) is 10.4 Å². The van der Waals surface area contributed by atoms with Crippen LogP contribution in [0.5, 0.6) is 0 Å².